The van der Waals surface area contributed by atoms with Crippen molar-refractivity contribution in [2.75, 3.05) is 13.7 Å². The number of ketones is 1. The first kappa shape index (κ1) is 10.6. The minimum Gasteiger partial charge on any atom is -0.491 e. The number of fused-ring (bicyclic) bond motifs is 1. The molecule has 4 nitrogen and oxygen atoms in total. The summed E-state index contributed by atoms with van der Waals surface area (Å²) in [6.07, 6.45) is 0. The highest BCUT2D eigenvalue weighted by molar-refractivity contribution is 6.11. The van der Waals surface area contributed by atoms with Gasteiger partial charge in [0, 0.05) is 0 Å². The van der Waals surface area contributed by atoms with Crippen molar-refractivity contribution in [1.82, 2.24) is 0 Å². The second-order valence-electron chi connectivity index (χ2n) is 3.39. The lowest BCUT2D eigenvalue weighted by Gasteiger charge is -2.22. The van der Waals surface area contributed by atoms with Gasteiger partial charge < -0.3 is 9.47 Å². The molecule has 0 aliphatic carbocycles. The molecule has 1 aromatic carbocycles. The molecule has 0 bridgehead atoms. The van der Waals surface area contributed by atoms with Gasteiger partial charge in [0.1, 0.15) is 18.2 Å². The fourth-order valence-electron chi connectivity index (χ4n) is 1.57. The summed E-state index contributed by atoms with van der Waals surface area (Å²) < 4.78 is 22.6. The molecule has 84 valence electrons. The molecule has 1 aliphatic rings. The Morgan fingerprint density at radius 3 is 3.00 bits per heavy atom. The zero-order valence-corrected chi connectivity index (χ0v) is 8.53. The second kappa shape index (κ2) is 3.92. The quantitative estimate of drug-likeness (QED) is 0.531. The molecule has 0 saturated carbocycles. The van der Waals surface area contributed by atoms with Crippen LogP contribution in [0.15, 0.2) is 18.2 Å². The summed E-state index contributed by atoms with van der Waals surface area (Å²) in [5.41, 5.74) is 0.0849. The molecule has 0 fully saturated rings. The predicted molar refractivity (Wildman–Crippen MR) is 51.7 cm³/mol. The van der Waals surface area contributed by atoms with Crippen LogP contribution in [0.5, 0.6) is 5.75 Å². The first-order valence-electron chi connectivity index (χ1n) is 4.68. The third-order valence-corrected chi connectivity index (χ3v) is 2.41. The molecule has 1 aromatic rings. The van der Waals surface area contributed by atoms with Gasteiger partial charge in [-0.2, -0.15) is 0 Å². The second-order valence-corrected chi connectivity index (χ2v) is 3.39. The first-order chi connectivity index (χ1) is 7.63. The Morgan fingerprint density at radius 1 is 1.56 bits per heavy atom. The van der Waals surface area contributed by atoms with Gasteiger partial charge in [-0.3, -0.25) is 9.59 Å². The van der Waals surface area contributed by atoms with E-state index in [4.69, 9.17) is 4.74 Å². The normalized spacial score (nSPS) is 18.6. The van der Waals surface area contributed by atoms with Crippen molar-refractivity contribution >= 4 is 11.8 Å². The number of hydrogen-bond donors (Lipinski definition) is 0. The standard InChI is InChI=1S/C11H9FO4/c1-15-11(14)8-5-16-9-3-2-6(12)4-7(9)10(8)13/h2-4,8H,5H2,1H3. The number of halogens is 1. The SMILES string of the molecule is COC(=O)C1COc2ccc(F)cc2C1=O. The monoisotopic (exact) mass is 224 g/mol. The molecular formula is C11H9FO4. The molecule has 16 heavy (non-hydrogen) atoms. The summed E-state index contributed by atoms with van der Waals surface area (Å²) in [5, 5.41) is 0. The number of benzene rings is 1. The summed E-state index contributed by atoms with van der Waals surface area (Å²) >= 11 is 0. The van der Waals surface area contributed by atoms with Gasteiger partial charge in [0.25, 0.3) is 0 Å². The van der Waals surface area contributed by atoms with Crippen molar-refractivity contribution in [3.63, 3.8) is 0 Å². The fourth-order valence-corrected chi connectivity index (χ4v) is 1.57. The number of ether oxygens (including phenoxy) is 2. The zero-order chi connectivity index (χ0) is 11.7. The first-order valence-corrected chi connectivity index (χ1v) is 4.68. The predicted octanol–water partition coefficient (Wildman–Crippen LogP) is 1.19. The lowest BCUT2D eigenvalue weighted by Crippen LogP contribution is -2.34. The molecule has 0 N–H and O–H groups in total. The highest BCUT2D eigenvalue weighted by atomic mass is 19.1. The van der Waals surface area contributed by atoms with Gasteiger partial charge in [-0.05, 0) is 18.2 Å². The topological polar surface area (TPSA) is 52.6 Å². The number of esters is 1. The highest BCUT2D eigenvalue weighted by Gasteiger charge is 2.35. The van der Waals surface area contributed by atoms with Crippen LogP contribution in [0, 0.1) is 11.7 Å². The average Bonchev–Trinajstić information content (AvgIpc) is 2.29. The Kier molecular flexibility index (Phi) is 2.60. The van der Waals surface area contributed by atoms with Crippen LogP contribution in [0.25, 0.3) is 0 Å². The minimum absolute atomic E-state index is 0.0653. The smallest absolute Gasteiger partial charge is 0.320 e. The van der Waals surface area contributed by atoms with E-state index in [1.54, 1.807) is 0 Å². The van der Waals surface area contributed by atoms with Gasteiger partial charge in [-0.25, -0.2) is 4.39 Å². The molecule has 0 radical (unpaired) electrons. The molecule has 1 atom stereocenters. The van der Waals surface area contributed by atoms with E-state index in [-0.39, 0.29) is 12.2 Å². The molecule has 5 heteroatoms. The maximum Gasteiger partial charge on any atom is 0.320 e. The Balaban J connectivity index is 2.38. The van der Waals surface area contributed by atoms with Crippen LogP contribution < -0.4 is 4.74 Å². The highest BCUT2D eigenvalue weighted by Crippen LogP contribution is 2.28. The van der Waals surface area contributed by atoms with Crippen molar-refractivity contribution in [3.8, 4) is 5.75 Å². The van der Waals surface area contributed by atoms with Crippen molar-refractivity contribution in [3.05, 3.63) is 29.6 Å². The Bertz CT molecular complexity index is 455. The van der Waals surface area contributed by atoms with Crippen LogP contribution in [0.4, 0.5) is 4.39 Å². The molecule has 0 saturated heterocycles. The molecule has 0 spiro atoms. The van der Waals surface area contributed by atoms with Crippen LogP contribution >= 0.6 is 0 Å². The largest absolute Gasteiger partial charge is 0.491 e. The molecular weight excluding hydrogens is 215 g/mol. The van der Waals surface area contributed by atoms with Crippen LogP contribution in [-0.4, -0.2) is 25.5 Å². The average molecular weight is 224 g/mol. The van der Waals surface area contributed by atoms with Crippen LogP contribution in [0.3, 0.4) is 0 Å². The maximum absolute atomic E-state index is 13.0. The zero-order valence-electron chi connectivity index (χ0n) is 8.53. The van der Waals surface area contributed by atoms with Crippen molar-refractivity contribution in [2.24, 2.45) is 5.92 Å². The van der Waals surface area contributed by atoms with E-state index in [0.29, 0.717) is 5.75 Å². The summed E-state index contributed by atoms with van der Waals surface area (Å²) in [5.74, 6) is -2.38. The van der Waals surface area contributed by atoms with E-state index < -0.39 is 23.5 Å². The van der Waals surface area contributed by atoms with E-state index in [1.807, 2.05) is 0 Å². The number of rotatable bonds is 1. The lowest BCUT2D eigenvalue weighted by atomic mass is 9.95. The van der Waals surface area contributed by atoms with Crippen LogP contribution in [-0.2, 0) is 9.53 Å². The molecule has 1 heterocycles. The number of carbonyl (C=O) groups is 2. The summed E-state index contributed by atoms with van der Waals surface area (Å²) in [6.45, 7) is -0.0653. The lowest BCUT2D eigenvalue weighted by molar-refractivity contribution is -0.144. The molecule has 1 unspecified atom stereocenters. The van der Waals surface area contributed by atoms with Crippen molar-refractivity contribution < 1.29 is 23.5 Å². The van der Waals surface area contributed by atoms with Gasteiger partial charge in [-0.1, -0.05) is 0 Å². The van der Waals surface area contributed by atoms with E-state index in [2.05, 4.69) is 4.74 Å². The van der Waals surface area contributed by atoms with E-state index in [9.17, 15) is 14.0 Å². The number of hydrogen-bond acceptors (Lipinski definition) is 4. The maximum atomic E-state index is 13.0. The number of Topliss-reactive ketones (excluding diaryl/α,β-unsaturated/α-hetero) is 1. The van der Waals surface area contributed by atoms with Gasteiger partial charge in [0.2, 0.25) is 0 Å². The Hall–Kier alpha value is -1.91. The van der Waals surface area contributed by atoms with Crippen molar-refractivity contribution in [1.29, 1.82) is 0 Å². The summed E-state index contributed by atoms with van der Waals surface area (Å²) in [7, 11) is 1.19. The fraction of sp³-hybridized carbons (Fsp3) is 0.273. The third-order valence-electron chi connectivity index (χ3n) is 2.41. The third kappa shape index (κ3) is 1.64. The van der Waals surface area contributed by atoms with Gasteiger partial charge >= 0.3 is 5.97 Å². The van der Waals surface area contributed by atoms with E-state index in [0.717, 1.165) is 6.07 Å². The van der Waals surface area contributed by atoms with Crippen LogP contribution in [0.1, 0.15) is 10.4 Å². The molecule has 0 aromatic heterocycles. The van der Waals surface area contributed by atoms with Gasteiger partial charge in [0.05, 0.1) is 12.7 Å². The minimum atomic E-state index is -1.00. The Labute approximate surface area is 91.0 Å². The summed E-state index contributed by atoms with van der Waals surface area (Å²) in [6, 6.07) is 3.63. The Morgan fingerprint density at radius 2 is 2.31 bits per heavy atom. The van der Waals surface area contributed by atoms with E-state index >= 15 is 0 Å². The molecule has 0 amide bonds. The number of methoxy groups -OCH3 is 1. The van der Waals surface area contributed by atoms with Gasteiger partial charge in [-0.15, -0.1) is 0 Å². The molecule has 1 aliphatic heterocycles. The van der Waals surface area contributed by atoms with Crippen molar-refractivity contribution in [2.45, 2.75) is 0 Å². The van der Waals surface area contributed by atoms with Crippen LogP contribution in [0.2, 0.25) is 0 Å². The summed E-state index contributed by atoms with van der Waals surface area (Å²) in [4.78, 5) is 23.1. The van der Waals surface area contributed by atoms with Gasteiger partial charge in [0.15, 0.2) is 11.7 Å². The number of carbonyl (C=O) groups excluding carboxylic acids is 2. The molecule has 2 rings (SSSR count). The van der Waals surface area contributed by atoms with E-state index in [1.165, 1.54) is 19.2 Å².